The Labute approximate surface area is 229 Å². The molecule has 5 rings (SSSR count). The predicted octanol–water partition coefficient (Wildman–Crippen LogP) is 4.25. The smallest absolute Gasteiger partial charge is 0.251 e. The van der Waals surface area contributed by atoms with Gasteiger partial charge in [-0.3, -0.25) is 14.5 Å². The molecule has 0 atom stereocenters. The minimum Gasteiger partial charge on any atom is -0.495 e. The molecule has 2 aromatic heterocycles. The van der Waals surface area contributed by atoms with Crippen LogP contribution in [-0.2, 0) is 19.9 Å². The van der Waals surface area contributed by atoms with Gasteiger partial charge in [0.25, 0.3) is 5.91 Å². The van der Waals surface area contributed by atoms with Crippen molar-refractivity contribution in [3.63, 3.8) is 0 Å². The molecule has 39 heavy (non-hydrogen) atoms. The Hall–Kier alpha value is -4.99. The number of carbonyl (C=O) groups is 1. The normalized spacial score (nSPS) is 12.7. The van der Waals surface area contributed by atoms with Crippen LogP contribution in [-0.4, -0.2) is 53.1 Å². The number of nitrogens with two attached hydrogens (primary N) is 1. The van der Waals surface area contributed by atoms with Crippen molar-refractivity contribution >= 4 is 29.3 Å². The highest BCUT2D eigenvalue weighted by Crippen LogP contribution is 2.40. The average molecular weight is 527 g/mol. The topological polar surface area (TPSA) is 132 Å². The third-order valence-corrected chi connectivity index (χ3v) is 6.73. The van der Waals surface area contributed by atoms with Gasteiger partial charge in [-0.25, -0.2) is 9.97 Å². The van der Waals surface area contributed by atoms with Crippen LogP contribution in [0.25, 0.3) is 28.1 Å². The van der Waals surface area contributed by atoms with E-state index in [1.54, 1.807) is 51.8 Å². The van der Waals surface area contributed by atoms with E-state index in [0.29, 0.717) is 22.9 Å². The number of aromatic nitrogens is 4. The first kappa shape index (κ1) is 25.7. The van der Waals surface area contributed by atoms with Crippen molar-refractivity contribution < 1.29 is 12.4 Å². The lowest BCUT2D eigenvalue weighted by Gasteiger charge is -2.18. The lowest BCUT2D eigenvalue weighted by molar-refractivity contribution is 0.0963. The predicted molar refractivity (Wildman–Crippen MR) is 158 cm³/mol. The van der Waals surface area contributed by atoms with E-state index in [0.717, 1.165) is 57.8 Å². The van der Waals surface area contributed by atoms with Gasteiger partial charge in [-0.2, -0.15) is 5.10 Å². The lowest BCUT2D eigenvalue weighted by Crippen LogP contribution is -2.17. The van der Waals surface area contributed by atoms with Crippen LogP contribution < -0.4 is 21.1 Å². The number of allylic oxidation sites excluding steroid dienone is 1. The Kier molecular flexibility index (Phi) is 7.09. The number of fused-ring (bicyclic) bond motifs is 3. The number of anilines is 2. The van der Waals surface area contributed by atoms with Gasteiger partial charge in [0.2, 0.25) is 5.95 Å². The van der Waals surface area contributed by atoms with Gasteiger partial charge >= 0.3 is 0 Å². The number of aryl methyl sites for hydroxylation is 3. The first-order valence-electron chi connectivity index (χ1n) is 12.5. The molecule has 2 heterocycles. The van der Waals surface area contributed by atoms with Crippen LogP contribution in [0.5, 0.6) is 5.75 Å². The molecular weight excluding hydrogens is 492 g/mol. The summed E-state index contributed by atoms with van der Waals surface area (Å²) >= 11 is 0. The monoisotopic (exact) mass is 526 g/mol. The molecule has 0 unspecified atom stereocenters. The Morgan fingerprint density at radius 1 is 1.18 bits per heavy atom. The summed E-state index contributed by atoms with van der Waals surface area (Å²) in [5.74, 6) is 0.747. The molecule has 0 saturated heterocycles. The fraction of sp³-hybridized carbons (Fsp3) is 0.207. The van der Waals surface area contributed by atoms with Crippen LogP contribution in [0.2, 0.25) is 0 Å². The van der Waals surface area contributed by atoms with Crippen molar-refractivity contribution in [1.82, 2.24) is 25.1 Å². The number of aliphatic imine (C=N–C) groups is 1. The van der Waals surface area contributed by atoms with Crippen LogP contribution in [0.1, 0.15) is 30.0 Å². The van der Waals surface area contributed by atoms with Crippen molar-refractivity contribution in [3.05, 3.63) is 77.2 Å². The lowest BCUT2D eigenvalue weighted by atomic mass is 9.91. The number of hydrogen-bond donors (Lipinski definition) is 3. The van der Waals surface area contributed by atoms with Crippen LogP contribution in [0.15, 0.2) is 59.9 Å². The molecule has 2 aromatic carbocycles. The number of rotatable bonds is 7. The summed E-state index contributed by atoms with van der Waals surface area (Å²) in [6.45, 7) is 0. The number of carbonyl (C=O) groups excluding carboxylic acids is 1. The van der Waals surface area contributed by atoms with Gasteiger partial charge in [-0.1, -0.05) is 24.3 Å². The summed E-state index contributed by atoms with van der Waals surface area (Å²) in [5, 5.41) is 10.7. The Morgan fingerprint density at radius 3 is 2.64 bits per heavy atom. The van der Waals surface area contributed by atoms with Gasteiger partial charge < -0.3 is 21.1 Å². The van der Waals surface area contributed by atoms with E-state index in [4.69, 9.17) is 20.6 Å². The molecule has 1 aliphatic carbocycles. The highest BCUT2D eigenvalue weighted by molar-refractivity contribution is 6.09. The van der Waals surface area contributed by atoms with Crippen molar-refractivity contribution in [3.8, 4) is 28.3 Å². The highest BCUT2D eigenvalue weighted by atomic mass is 16.5. The van der Waals surface area contributed by atoms with E-state index in [1.165, 1.54) is 0 Å². The number of nitrogens with one attached hydrogen (secondary N) is 2. The molecule has 1 amide bonds. The summed E-state index contributed by atoms with van der Waals surface area (Å²) in [4.78, 5) is 25.6. The largest absolute Gasteiger partial charge is 0.495 e. The van der Waals surface area contributed by atoms with Crippen molar-refractivity contribution in [2.75, 3.05) is 26.5 Å². The SMILES string of the molecule is CN=C/C(=C\N)c1ccc(-c2c3c(nn2C)CCc2cnc(Nc4ccc(C(=O)NC)cc4OC)nc2-3)cc1.[HH].[HH]. The molecule has 10 nitrogen and oxygen atoms in total. The highest BCUT2D eigenvalue weighted by Gasteiger charge is 2.27. The molecule has 0 saturated carbocycles. The third kappa shape index (κ3) is 4.84. The molecule has 10 heteroatoms. The number of ether oxygens (including phenoxy) is 1. The van der Waals surface area contributed by atoms with E-state index < -0.39 is 0 Å². The van der Waals surface area contributed by atoms with E-state index in [9.17, 15) is 4.79 Å². The van der Waals surface area contributed by atoms with Gasteiger partial charge in [0.15, 0.2) is 0 Å². The maximum Gasteiger partial charge on any atom is 0.251 e. The zero-order valence-electron chi connectivity index (χ0n) is 22.3. The first-order valence-corrected chi connectivity index (χ1v) is 12.5. The molecule has 0 spiro atoms. The second-order valence-electron chi connectivity index (χ2n) is 9.07. The number of benzene rings is 2. The zero-order chi connectivity index (χ0) is 27.5. The standard InChI is InChI=1S/C29H30N8O2.2H2/c1-31-15-21(14-30)17-5-7-18(8-6-17)27-25-23(36-37(27)3)12-10-20-16-33-29(35-26(20)25)34-22-11-9-19(28(38)32-2)13-24(22)39-4;;/h5-9,11,13-16H,10,12,30H2,1-4H3,(H,32,38)(H,33,34,35);2*1H/b21-14+,31-15?;;. The molecule has 0 bridgehead atoms. The number of nitrogens with zero attached hydrogens (tertiary/aromatic N) is 5. The molecule has 4 aromatic rings. The summed E-state index contributed by atoms with van der Waals surface area (Å²) in [6.07, 6.45) is 6.77. The minimum atomic E-state index is -0.191. The molecule has 0 radical (unpaired) electrons. The second-order valence-corrected chi connectivity index (χ2v) is 9.07. The first-order chi connectivity index (χ1) is 19.0. The van der Waals surface area contributed by atoms with Crippen molar-refractivity contribution in [2.24, 2.45) is 17.8 Å². The van der Waals surface area contributed by atoms with Gasteiger partial charge in [-0.05, 0) is 42.2 Å². The Morgan fingerprint density at radius 2 is 1.95 bits per heavy atom. The summed E-state index contributed by atoms with van der Waals surface area (Å²) in [5.41, 5.74) is 14.7. The number of methoxy groups -OCH3 is 1. The van der Waals surface area contributed by atoms with E-state index >= 15 is 0 Å². The molecule has 1 aliphatic rings. The fourth-order valence-electron chi connectivity index (χ4n) is 4.83. The van der Waals surface area contributed by atoms with Gasteiger partial charge in [0, 0.05) is 64.9 Å². The quantitative estimate of drug-likeness (QED) is 0.307. The summed E-state index contributed by atoms with van der Waals surface area (Å²) in [6, 6.07) is 13.4. The third-order valence-electron chi connectivity index (χ3n) is 6.73. The van der Waals surface area contributed by atoms with Gasteiger partial charge in [-0.15, -0.1) is 0 Å². The van der Waals surface area contributed by atoms with Gasteiger partial charge in [0.1, 0.15) is 5.75 Å². The molecular formula is C29H34N8O2. The average Bonchev–Trinajstić information content (AvgIpc) is 3.32. The van der Waals surface area contributed by atoms with Crippen molar-refractivity contribution in [1.29, 1.82) is 0 Å². The molecule has 0 fully saturated rings. The van der Waals surface area contributed by atoms with Crippen molar-refractivity contribution in [2.45, 2.75) is 12.8 Å². The van der Waals surface area contributed by atoms with Crippen LogP contribution in [0.3, 0.4) is 0 Å². The molecule has 202 valence electrons. The number of hydrogen-bond acceptors (Lipinski definition) is 8. The number of amides is 1. The zero-order valence-corrected chi connectivity index (χ0v) is 22.3. The maximum atomic E-state index is 12.0. The van der Waals surface area contributed by atoms with Crippen LogP contribution >= 0.6 is 0 Å². The van der Waals surface area contributed by atoms with E-state index in [1.807, 2.05) is 30.1 Å². The van der Waals surface area contributed by atoms with E-state index in [2.05, 4.69) is 32.7 Å². The Bertz CT molecular complexity index is 1610. The van der Waals surface area contributed by atoms with Gasteiger partial charge in [0.05, 0.1) is 29.9 Å². The van der Waals surface area contributed by atoms with E-state index in [-0.39, 0.29) is 8.76 Å². The molecule has 0 aliphatic heterocycles. The maximum absolute atomic E-state index is 12.0. The second kappa shape index (κ2) is 10.8. The fourth-order valence-corrected chi connectivity index (χ4v) is 4.83. The Balaban J connectivity index is 0.00000231. The van der Waals surface area contributed by atoms with Crippen LogP contribution in [0.4, 0.5) is 11.6 Å². The summed E-state index contributed by atoms with van der Waals surface area (Å²) < 4.78 is 7.43. The minimum absolute atomic E-state index is 0. The summed E-state index contributed by atoms with van der Waals surface area (Å²) in [7, 11) is 6.82. The van der Waals surface area contributed by atoms with Crippen LogP contribution in [0, 0.1) is 0 Å². The molecule has 4 N–H and O–H groups in total.